The number of nitrogens with one attached hydrogen (secondary N) is 2. The summed E-state index contributed by atoms with van der Waals surface area (Å²) >= 11 is 11.7. The van der Waals surface area contributed by atoms with E-state index in [0.29, 0.717) is 5.69 Å². The molecule has 200 valence electrons. The summed E-state index contributed by atoms with van der Waals surface area (Å²) in [6, 6.07) is 14.1. The third-order valence-corrected chi connectivity index (χ3v) is 6.20. The maximum atomic E-state index is 13.1. The van der Waals surface area contributed by atoms with Gasteiger partial charge in [0.1, 0.15) is 10.7 Å². The smallest absolute Gasteiger partial charge is 0.417 e. The minimum Gasteiger partial charge on any atom is -0.465 e. The van der Waals surface area contributed by atoms with Gasteiger partial charge in [-0.15, -0.1) is 0 Å². The van der Waals surface area contributed by atoms with Gasteiger partial charge in [-0.1, -0.05) is 23.2 Å². The van der Waals surface area contributed by atoms with E-state index in [1.54, 1.807) is 0 Å². The molecule has 8 nitrogen and oxygen atoms in total. The predicted molar refractivity (Wildman–Crippen MR) is 138 cm³/mol. The zero-order chi connectivity index (χ0) is 28.5. The van der Waals surface area contributed by atoms with Crippen LogP contribution in [-0.2, 0) is 20.5 Å². The summed E-state index contributed by atoms with van der Waals surface area (Å²) in [5, 5.41) is 4.24. The first-order valence-electron chi connectivity index (χ1n) is 10.9. The fourth-order valence-corrected chi connectivity index (χ4v) is 4.02. The molecular weight excluding hydrogens is 562 g/mol. The molecular formula is C26H16Cl2F3N3O5. The Hall–Kier alpha value is -4.35. The Kier molecular flexibility index (Phi) is 7.66. The van der Waals surface area contributed by atoms with Gasteiger partial charge in [0.2, 0.25) is 0 Å². The Morgan fingerprint density at radius 1 is 0.846 bits per heavy atom. The highest BCUT2D eigenvalue weighted by Gasteiger charge is 2.39. The van der Waals surface area contributed by atoms with Crippen molar-refractivity contribution in [2.45, 2.75) is 6.18 Å². The van der Waals surface area contributed by atoms with Crippen molar-refractivity contribution in [3.05, 3.63) is 99.2 Å². The summed E-state index contributed by atoms with van der Waals surface area (Å²) in [6.45, 7) is 0. The van der Waals surface area contributed by atoms with Gasteiger partial charge >= 0.3 is 12.1 Å². The number of alkyl halides is 3. The van der Waals surface area contributed by atoms with E-state index in [9.17, 15) is 32.3 Å². The van der Waals surface area contributed by atoms with Crippen molar-refractivity contribution in [3.8, 4) is 0 Å². The van der Waals surface area contributed by atoms with Gasteiger partial charge in [-0.05, 0) is 66.7 Å². The van der Waals surface area contributed by atoms with E-state index in [1.807, 2.05) is 0 Å². The summed E-state index contributed by atoms with van der Waals surface area (Å²) in [5.41, 5.74) is -0.604. The predicted octanol–water partition coefficient (Wildman–Crippen LogP) is 5.83. The van der Waals surface area contributed by atoms with Crippen molar-refractivity contribution >= 4 is 64.0 Å². The molecule has 0 unspecified atom stereocenters. The van der Waals surface area contributed by atoms with E-state index < -0.39 is 40.5 Å². The van der Waals surface area contributed by atoms with Crippen LogP contribution in [0.15, 0.2) is 77.5 Å². The number of ether oxygens (including phenoxy) is 1. The first-order chi connectivity index (χ1) is 18.4. The number of carbonyl (C=O) groups excluding carboxylic acids is 4. The van der Waals surface area contributed by atoms with Crippen LogP contribution >= 0.6 is 23.2 Å². The van der Waals surface area contributed by atoms with Crippen LogP contribution in [0.2, 0.25) is 5.02 Å². The molecule has 39 heavy (non-hydrogen) atoms. The van der Waals surface area contributed by atoms with Crippen LogP contribution in [0.5, 0.6) is 0 Å². The van der Waals surface area contributed by atoms with Crippen molar-refractivity contribution in [1.82, 2.24) is 0 Å². The number of nitrogens with zero attached hydrogens (tertiary/aromatic N) is 1. The maximum absolute atomic E-state index is 13.1. The number of hydrogen-bond donors (Lipinski definition) is 2. The minimum atomic E-state index is -4.69. The standard InChI is InChI=1S/C26H16Cl2F3N3O5/c1-39-25(38)14-4-9-17(10-5-14)34-23(36)20(28)21(24(34)37)32-15-6-2-13(3-7-15)22(35)33-16-8-11-19(27)18(12-16)26(29,30)31/h2-12,32H,1H3,(H,33,35). The minimum absolute atomic E-state index is 0.102. The molecule has 3 aromatic carbocycles. The lowest BCUT2D eigenvalue weighted by atomic mass is 10.1. The van der Waals surface area contributed by atoms with Crippen molar-refractivity contribution in [2.24, 2.45) is 0 Å². The van der Waals surface area contributed by atoms with E-state index in [4.69, 9.17) is 23.2 Å². The van der Waals surface area contributed by atoms with Gasteiger partial charge in [-0.3, -0.25) is 14.4 Å². The second-order valence-corrected chi connectivity index (χ2v) is 8.81. The lowest BCUT2D eigenvalue weighted by Crippen LogP contribution is -2.32. The Morgan fingerprint density at radius 2 is 1.44 bits per heavy atom. The Bertz CT molecular complexity index is 1520. The van der Waals surface area contributed by atoms with Crippen LogP contribution in [0, 0.1) is 0 Å². The van der Waals surface area contributed by atoms with Crippen LogP contribution in [0.4, 0.5) is 30.2 Å². The van der Waals surface area contributed by atoms with Crippen molar-refractivity contribution < 1.29 is 37.1 Å². The van der Waals surface area contributed by atoms with E-state index in [-0.39, 0.29) is 33.2 Å². The molecule has 0 aromatic heterocycles. The normalized spacial score (nSPS) is 13.5. The number of imide groups is 1. The highest BCUT2D eigenvalue weighted by Crippen LogP contribution is 2.36. The second kappa shape index (κ2) is 10.8. The van der Waals surface area contributed by atoms with Gasteiger partial charge in [-0.2, -0.15) is 13.2 Å². The van der Waals surface area contributed by atoms with E-state index in [2.05, 4.69) is 15.4 Å². The zero-order valence-corrected chi connectivity index (χ0v) is 21.2. The summed E-state index contributed by atoms with van der Waals surface area (Å²) in [7, 11) is 1.22. The highest BCUT2D eigenvalue weighted by atomic mass is 35.5. The molecule has 1 aliphatic rings. The molecule has 0 spiro atoms. The molecule has 0 bridgehead atoms. The third-order valence-electron chi connectivity index (χ3n) is 5.52. The molecule has 0 aliphatic carbocycles. The molecule has 13 heteroatoms. The molecule has 1 heterocycles. The average Bonchev–Trinajstić information content (AvgIpc) is 3.12. The Morgan fingerprint density at radius 3 is 2.03 bits per heavy atom. The van der Waals surface area contributed by atoms with Crippen LogP contribution in [-0.4, -0.2) is 30.8 Å². The zero-order valence-electron chi connectivity index (χ0n) is 19.7. The molecule has 0 radical (unpaired) electrons. The number of anilines is 3. The summed E-state index contributed by atoms with van der Waals surface area (Å²) < 4.78 is 43.9. The molecule has 0 fully saturated rings. The van der Waals surface area contributed by atoms with Gasteiger partial charge in [0, 0.05) is 16.9 Å². The Balaban J connectivity index is 1.46. The average molecular weight is 578 g/mol. The maximum Gasteiger partial charge on any atom is 0.417 e. The molecule has 4 rings (SSSR count). The molecule has 2 N–H and O–H groups in total. The van der Waals surface area contributed by atoms with E-state index in [1.165, 1.54) is 61.7 Å². The third kappa shape index (κ3) is 5.74. The molecule has 0 saturated heterocycles. The SMILES string of the molecule is COC(=O)c1ccc(N2C(=O)C(Cl)=C(Nc3ccc(C(=O)Nc4ccc(Cl)c(C(F)(F)F)c4)cc3)C2=O)cc1. The summed E-state index contributed by atoms with van der Waals surface area (Å²) in [6.07, 6.45) is -4.69. The number of esters is 1. The monoisotopic (exact) mass is 577 g/mol. The summed E-state index contributed by atoms with van der Waals surface area (Å²) in [5.74, 6) is -2.81. The first kappa shape index (κ1) is 27.7. The number of rotatable bonds is 6. The number of halogens is 5. The fourth-order valence-electron chi connectivity index (χ4n) is 3.58. The van der Waals surface area contributed by atoms with Crippen LogP contribution in [0.1, 0.15) is 26.3 Å². The van der Waals surface area contributed by atoms with Crippen molar-refractivity contribution in [1.29, 1.82) is 0 Å². The number of carbonyl (C=O) groups is 4. The number of methoxy groups -OCH3 is 1. The summed E-state index contributed by atoms with van der Waals surface area (Å²) in [4.78, 5) is 50.6. The highest BCUT2D eigenvalue weighted by molar-refractivity contribution is 6.53. The van der Waals surface area contributed by atoms with Crippen LogP contribution < -0.4 is 15.5 Å². The van der Waals surface area contributed by atoms with Gasteiger partial charge < -0.3 is 15.4 Å². The van der Waals surface area contributed by atoms with Crippen molar-refractivity contribution in [2.75, 3.05) is 22.6 Å². The number of hydrogen-bond acceptors (Lipinski definition) is 6. The van der Waals surface area contributed by atoms with Gasteiger partial charge in [0.25, 0.3) is 17.7 Å². The molecule has 3 amide bonds. The van der Waals surface area contributed by atoms with Gasteiger partial charge in [-0.25, -0.2) is 9.69 Å². The topological polar surface area (TPSA) is 105 Å². The van der Waals surface area contributed by atoms with Crippen LogP contribution in [0.25, 0.3) is 0 Å². The quantitative estimate of drug-likeness (QED) is 0.282. The van der Waals surface area contributed by atoms with Gasteiger partial charge in [0.05, 0.1) is 28.9 Å². The van der Waals surface area contributed by atoms with Gasteiger partial charge in [0.15, 0.2) is 0 Å². The molecule has 0 atom stereocenters. The number of amides is 3. The van der Waals surface area contributed by atoms with Crippen LogP contribution in [0.3, 0.4) is 0 Å². The van der Waals surface area contributed by atoms with E-state index in [0.717, 1.165) is 17.0 Å². The lowest BCUT2D eigenvalue weighted by Gasteiger charge is -2.15. The Labute approximate surface area is 228 Å². The molecule has 0 saturated carbocycles. The largest absolute Gasteiger partial charge is 0.465 e. The van der Waals surface area contributed by atoms with Crippen molar-refractivity contribution in [3.63, 3.8) is 0 Å². The molecule has 3 aromatic rings. The van der Waals surface area contributed by atoms with E-state index >= 15 is 0 Å². The number of benzene rings is 3. The fraction of sp³-hybridized carbons (Fsp3) is 0.0769. The first-order valence-corrected chi connectivity index (χ1v) is 11.7. The second-order valence-electron chi connectivity index (χ2n) is 8.02. The molecule has 1 aliphatic heterocycles. The lowest BCUT2D eigenvalue weighted by molar-refractivity contribution is -0.137.